The number of carbonyl (C=O) groups is 1. The zero-order chi connectivity index (χ0) is 13.1. The van der Waals surface area contributed by atoms with E-state index in [2.05, 4.69) is 0 Å². The van der Waals surface area contributed by atoms with Crippen LogP contribution in [0.3, 0.4) is 0 Å². The van der Waals surface area contributed by atoms with E-state index in [-0.39, 0.29) is 11.1 Å². The van der Waals surface area contributed by atoms with Crippen molar-refractivity contribution in [3.05, 3.63) is 35.1 Å². The van der Waals surface area contributed by atoms with E-state index in [1.165, 1.54) is 11.4 Å². The molecule has 1 aromatic carbocycles. The minimum Gasteiger partial charge on any atom is -0.344 e. The van der Waals surface area contributed by atoms with E-state index in [4.69, 9.17) is 5.26 Å². The van der Waals surface area contributed by atoms with Gasteiger partial charge in [-0.15, -0.1) is 0 Å². The molecule has 0 aliphatic carbocycles. The van der Waals surface area contributed by atoms with Crippen molar-refractivity contribution < 1.29 is 22.4 Å². The van der Waals surface area contributed by atoms with Gasteiger partial charge in [-0.3, -0.25) is 4.79 Å². The van der Waals surface area contributed by atoms with Crippen LogP contribution in [0.5, 0.6) is 0 Å². The molecule has 0 saturated heterocycles. The summed E-state index contributed by atoms with van der Waals surface area (Å²) < 4.78 is 48.7. The Kier molecular flexibility index (Phi) is 3.68. The highest BCUT2D eigenvalue weighted by molar-refractivity contribution is 5.81. The second-order valence-corrected chi connectivity index (χ2v) is 3.10. The number of benzene rings is 1. The zero-order valence-electron chi connectivity index (χ0n) is 8.31. The van der Waals surface area contributed by atoms with Crippen LogP contribution in [0, 0.1) is 17.1 Å². The fraction of sp³-hybridized carbons (Fsp3) is 0.200. The number of amides is 1. The molecule has 7 heteroatoms. The average molecular weight is 246 g/mol. The summed E-state index contributed by atoms with van der Waals surface area (Å²) in [5.41, 5.74) is -0.0741. The lowest BCUT2D eigenvalue weighted by Gasteiger charge is -2.08. The van der Waals surface area contributed by atoms with Gasteiger partial charge in [-0.25, -0.2) is 4.39 Å². The van der Waals surface area contributed by atoms with Crippen molar-refractivity contribution in [3.63, 3.8) is 0 Å². The zero-order valence-corrected chi connectivity index (χ0v) is 8.31. The van der Waals surface area contributed by atoms with Gasteiger partial charge in [0.1, 0.15) is 5.82 Å². The topological polar surface area (TPSA) is 52.9 Å². The molecule has 0 aliphatic rings. The first-order valence-electron chi connectivity index (χ1n) is 4.38. The first-order valence-corrected chi connectivity index (χ1v) is 4.38. The van der Waals surface area contributed by atoms with Crippen LogP contribution in [0.2, 0.25) is 0 Å². The van der Waals surface area contributed by atoms with Crippen LogP contribution in [0.4, 0.5) is 17.6 Å². The minimum absolute atomic E-state index is 0.0494. The highest BCUT2D eigenvalue weighted by Crippen LogP contribution is 2.15. The highest BCUT2D eigenvalue weighted by atomic mass is 19.4. The van der Waals surface area contributed by atoms with E-state index in [0.717, 1.165) is 12.1 Å². The van der Waals surface area contributed by atoms with Gasteiger partial charge in [-0.05, 0) is 12.1 Å². The Hall–Kier alpha value is -2.10. The van der Waals surface area contributed by atoms with Crippen molar-refractivity contribution in [2.45, 2.75) is 12.7 Å². The number of nitriles is 1. The van der Waals surface area contributed by atoms with Crippen molar-refractivity contribution in [2.75, 3.05) is 0 Å². The second kappa shape index (κ2) is 4.82. The molecule has 0 aromatic heterocycles. The molecule has 0 saturated carbocycles. The molecule has 17 heavy (non-hydrogen) atoms. The number of carbonyl (C=O) groups excluding carboxylic acids is 1. The maximum atomic E-state index is 13.2. The largest absolute Gasteiger partial charge is 0.471 e. The van der Waals surface area contributed by atoms with Crippen LogP contribution in [-0.2, 0) is 11.3 Å². The van der Waals surface area contributed by atoms with Gasteiger partial charge < -0.3 is 5.32 Å². The summed E-state index contributed by atoms with van der Waals surface area (Å²) in [5, 5.41) is 9.97. The molecule has 1 aromatic rings. The van der Waals surface area contributed by atoms with Crippen molar-refractivity contribution in [2.24, 2.45) is 0 Å². The second-order valence-electron chi connectivity index (χ2n) is 3.10. The van der Waals surface area contributed by atoms with Crippen LogP contribution in [0.25, 0.3) is 0 Å². The van der Waals surface area contributed by atoms with Gasteiger partial charge in [0, 0.05) is 12.1 Å². The van der Waals surface area contributed by atoms with Gasteiger partial charge in [0.25, 0.3) is 0 Å². The van der Waals surface area contributed by atoms with Gasteiger partial charge in [0.15, 0.2) is 0 Å². The Morgan fingerprint density at radius 3 is 2.53 bits per heavy atom. The summed E-state index contributed by atoms with van der Waals surface area (Å²) in [6.07, 6.45) is -5.00. The number of nitrogens with one attached hydrogen (secondary N) is 1. The number of rotatable bonds is 2. The molecule has 0 atom stereocenters. The number of halogens is 4. The highest BCUT2D eigenvalue weighted by Gasteiger charge is 2.38. The van der Waals surface area contributed by atoms with Gasteiger partial charge in [0.05, 0.1) is 11.6 Å². The Labute approximate surface area is 93.7 Å². The summed E-state index contributed by atoms with van der Waals surface area (Å²) in [4.78, 5) is 10.5. The van der Waals surface area contributed by atoms with Gasteiger partial charge >= 0.3 is 12.1 Å². The van der Waals surface area contributed by atoms with E-state index in [0.29, 0.717) is 0 Å². The van der Waals surface area contributed by atoms with Crippen LogP contribution >= 0.6 is 0 Å². The molecular formula is C10H6F4N2O. The maximum absolute atomic E-state index is 13.2. The number of nitrogens with zero attached hydrogens (tertiary/aromatic N) is 1. The first kappa shape index (κ1) is 13.0. The minimum atomic E-state index is -5.00. The predicted octanol–water partition coefficient (Wildman–Crippen LogP) is 1.88. The fourth-order valence-electron chi connectivity index (χ4n) is 1.04. The van der Waals surface area contributed by atoms with E-state index < -0.39 is 24.4 Å². The van der Waals surface area contributed by atoms with Crippen LogP contribution in [0.15, 0.2) is 18.2 Å². The molecule has 0 bridgehead atoms. The SMILES string of the molecule is N#Cc1ccc(CNC(=O)C(F)(F)F)c(F)c1. The number of alkyl halides is 3. The summed E-state index contributed by atoms with van der Waals surface area (Å²) in [6.45, 7) is -0.587. The molecule has 1 amide bonds. The molecule has 0 radical (unpaired) electrons. The third kappa shape index (κ3) is 3.45. The normalized spacial score (nSPS) is 10.8. The lowest BCUT2D eigenvalue weighted by Crippen LogP contribution is -2.36. The van der Waals surface area contributed by atoms with E-state index in [9.17, 15) is 22.4 Å². The van der Waals surface area contributed by atoms with Crippen LogP contribution in [-0.4, -0.2) is 12.1 Å². The van der Waals surface area contributed by atoms with Gasteiger partial charge in [-0.1, -0.05) is 6.07 Å². The number of hydrogen-bond donors (Lipinski definition) is 1. The molecule has 1 N–H and O–H groups in total. The molecule has 0 heterocycles. The van der Waals surface area contributed by atoms with Crippen molar-refractivity contribution in [1.29, 1.82) is 5.26 Å². The van der Waals surface area contributed by atoms with Crippen LogP contribution in [0.1, 0.15) is 11.1 Å². The van der Waals surface area contributed by atoms with Crippen molar-refractivity contribution in [1.82, 2.24) is 5.32 Å². The average Bonchev–Trinajstić information content (AvgIpc) is 2.25. The van der Waals surface area contributed by atoms with Gasteiger partial charge in [-0.2, -0.15) is 18.4 Å². The Bertz CT molecular complexity index is 476. The standard InChI is InChI=1S/C10H6F4N2O/c11-8-3-6(4-15)1-2-7(8)5-16-9(17)10(12,13)14/h1-3H,5H2,(H,16,17). The first-order chi connectivity index (χ1) is 7.84. The molecule has 0 unspecified atom stereocenters. The predicted molar refractivity (Wildman–Crippen MR) is 49.0 cm³/mol. The summed E-state index contributed by atoms with van der Waals surface area (Å²) in [6, 6.07) is 4.95. The third-order valence-electron chi connectivity index (χ3n) is 1.88. The van der Waals surface area contributed by atoms with Crippen LogP contribution < -0.4 is 5.32 Å². The quantitative estimate of drug-likeness (QED) is 0.810. The third-order valence-corrected chi connectivity index (χ3v) is 1.88. The van der Waals surface area contributed by atoms with Crippen molar-refractivity contribution in [3.8, 4) is 6.07 Å². The Morgan fingerprint density at radius 1 is 1.41 bits per heavy atom. The summed E-state index contributed by atoms with van der Waals surface area (Å²) in [7, 11) is 0. The van der Waals surface area contributed by atoms with E-state index in [1.54, 1.807) is 6.07 Å². The lowest BCUT2D eigenvalue weighted by atomic mass is 10.1. The van der Waals surface area contributed by atoms with Gasteiger partial charge in [0.2, 0.25) is 0 Å². The maximum Gasteiger partial charge on any atom is 0.471 e. The monoisotopic (exact) mass is 246 g/mol. The molecule has 90 valence electrons. The smallest absolute Gasteiger partial charge is 0.344 e. The fourth-order valence-corrected chi connectivity index (χ4v) is 1.04. The molecule has 3 nitrogen and oxygen atoms in total. The van der Waals surface area contributed by atoms with E-state index >= 15 is 0 Å². The molecule has 0 aliphatic heterocycles. The lowest BCUT2D eigenvalue weighted by molar-refractivity contribution is -0.173. The molecule has 1 rings (SSSR count). The molecule has 0 spiro atoms. The Morgan fingerprint density at radius 2 is 2.06 bits per heavy atom. The Balaban J connectivity index is 2.72. The molecule has 0 fully saturated rings. The summed E-state index contributed by atoms with van der Waals surface area (Å²) >= 11 is 0. The number of hydrogen-bond acceptors (Lipinski definition) is 2. The van der Waals surface area contributed by atoms with Crippen molar-refractivity contribution >= 4 is 5.91 Å². The molecular weight excluding hydrogens is 240 g/mol. The summed E-state index contributed by atoms with van der Waals surface area (Å²) in [5.74, 6) is -2.98. The van der Waals surface area contributed by atoms with E-state index in [1.807, 2.05) is 0 Å².